The number of aromatic nitrogens is 1. The van der Waals surface area contributed by atoms with E-state index in [-0.39, 0.29) is 12.0 Å². The van der Waals surface area contributed by atoms with Gasteiger partial charge in [0.1, 0.15) is 5.52 Å². The van der Waals surface area contributed by atoms with Crippen molar-refractivity contribution in [3.8, 4) is 0 Å². The van der Waals surface area contributed by atoms with Crippen LogP contribution >= 0.6 is 0 Å². The number of hydrogen-bond donors (Lipinski definition) is 1. The van der Waals surface area contributed by atoms with Crippen LogP contribution in [-0.4, -0.2) is 43.5 Å². The van der Waals surface area contributed by atoms with E-state index in [0.29, 0.717) is 19.1 Å². The summed E-state index contributed by atoms with van der Waals surface area (Å²) in [5.74, 6) is 0.675. The topological polar surface area (TPSA) is 58.7 Å². The molecule has 102 valence electrons. The molecule has 1 N–H and O–H groups in total. The maximum Gasteiger partial charge on any atom is 0.192 e. The first kappa shape index (κ1) is 12.4. The number of oxazole rings is 1. The number of aryl methyl sites for hydroxylation is 1. The Hall–Kier alpha value is -1.59. The highest BCUT2D eigenvalue weighted by atomic mass is 16.5. The van der Waals surface area contributed by atoms with Crippen molar-refractivity contribution in [2.24, 2.45) is 5.41 Å². The standard InChI is InChI=1S/C14H18N2O3/c1-10-15-12-5-11(3-4-13(12)19-10)16(2)6-14(7-17)8-18-9-14/h3-5,17H,6-9H2,1-2H3. The summed E-state index contributed by atoms with van der Waals surface area (Å²) in [5.41, 5.74) is 2.62. The van der Waals surface area contributed by atoms with Gasteiger partial charge in [-0.25, -0.2) is 4.98 Å². The molecule has 3 rings (SSSR count). The highest BCUT2D eigenvalue weighted by molar-refractivity contribution is 5.77. The molecule has 19 heavy (non-hydrogen) atoms. The van der Waals surface area contributed by atoms with E-state index in [1.54, 1.807) is 0 Å². The molecule has 1 fully saturated rings. The predicted molar refractivity (Wildman–Crippen MR) is 72.4 cm³/mol. The van der Waals surface area contributed by atoms with Crippen molar-refractivity contribution in [3.63, 3.8) is 0 Å². The number of aliphatic hydroxyl groups excluding tert-OH is 1. The van der Waals surface area contributed by atoms with Gasteiger partial charge in [0.25, 0.3) is 0 Å². The third-order valence-corrected chi connectivity index (χ3v) is 3.64. The van der Waals surface area contributed by atoms with Gasteiger partial charge in [0.2, 0.25) is 0 Å². The van der Waals surface area contributed by atoms with E-state index < -0.39 is 0 Å². The monoisotopic (exact) mass is 262 g/mol. The average molecular weight is 262 g/mol. The van der Waals surface area contributed by atoms with Gasteiger partial charge in [0.15, 0.2) is 11.5 Å². The molecular weight excluding hydrogens is 244 g/mol. The lowest BCUT2D eigenvalue weighted by Crippen LogP contribution is -2.52. The van der Waals surface area contributed by atoms with Crippen LogP contribution in [0.5, 0.6) is 0 Å². The summed E-state index contributed by atoms with van der Waals surface area (Å²) in [7, 11) is 2.02. The van der Waals surface area contributed by atoms with Crippen molar-refractivity contribution >= 4 is 16.8 Å². The second kappa shape index (κ2) is 4.51. The minimum Gasteiger partial charge on any atom is -0.441 e. The SMILES string of the molecule is Cc1nc2cc(N(C)CC3(CO)COC3)ccc2o1. The molecule has 0 amide bonds. The minimum atomic E-state index is -0.122. The lowest BCUT2D eigenvalue weighted by molar-refractivity contribution is -0.130. The molecular formula is C14H18N2O3. The fraction of sp³-hybridized carbons (Fsp3) is 0.500. The molecule has 0 spiro atoms. The van der Waals surface area contributed by atoms with E-state index in [0.717, 1.165) is 23.3 Å². The van der Waals surface area contributed by atoms with Crippen LogP contribution in [-0.2, 0) is 4.74 Å². The maximum absolute atomic E-state index is 9.47. The second-order valence-electron chi connectivity index (χ2n) is 5.39. The zero-order chi connectivity index (χ0) is 13.5. The summed E-state index contributed by atoms with van der Waals surface area (Å²) < 4.78 is 10.7. The van der Waals surface area contributed by atoms with Gasteiger partial charge in [-0.1, -0.05) is 0 Å². The van der Waals surface area contributed by atoms with Gasteiger partial charge in [-0.15, -0.1) is 0 Å². The molecule has 2 heterocycles. The fourth-order valence-corrected chi connectivity index (χ4v) is 2.49. The maximum atomic E-state index is 9.47. The van der Waals surface area contributed by atoms with Crippen molar-refractivity contribution in [3.05, 3.63) is 24.1 Å². The Balaban J connectivity index is 1.82. The number of nitrogens with zero attached hydrogens (tertiary/aromatic N) is 2. The third kappa shape index (κ3) is 2.19. The van der Waals surface area contributed by atoms with E-state index in [9.17, 15) is 5.11 Å². The van der Waals surface area contributed by atoms with E-state index in [1.165, 1.54) is 0 Å². The summed E-state index contributed by atoms with van der Waals surface area (Å²) >= 11 is 0. The summed E-state index contributed by atoms with van der Waals surface area (Å²) in [6.07, 6.45) is 0. The first-order valence-corrected chi connectivity index (χ1v) is 6.39. The molecule has 0 radical (unpaired) electrons. The first-order valence-electron chi connectivity index (χ1n) is 6.39. The lowest BCUT2D eigenvalue weighted by Gasteiger charge is -2.42. The highest BCUT2D eigenvalue weighted by Gasteiger charge is 2.39. The summed E-state index contributed by atoms with van der Waals surface area (Å²) in [5, 5.41) is 9.47. The van der Waals surface area contributed by atoms with Gasteiger partial charge in [-0.05, 0) is 18.2 Å². The number of fused-ring (bicyclic) bond motifs is 1. The minimum absolute atomic E-state index is 0.122. The molecule has 5 nitrogen and oxygen atoms in total. The van der Waals surface area contributed by atoms with Gasteiger partial charge in [-0.3, -0.25) is 0 Å². The normalized spacial score (nSPS) is 17.4. The Morgan fingerprint density at radius 1 is 1.42 bits per heavy atom. The fourth-order valence-electron chi connectivity index (χ4n) is 2.49. The molecule has 0 atom stereocenters. The Kier molecular flexibility index (Phi) is 2.95. The number of aliphatic hydroxyl groups is 1. The van der Waals surface area contributed by atoms with Crippen LogP contribution in [0.4, 0.5) is 5.69 Å². The number of anilines is 1. The number of benzene rings is 1. The zero-order valence-electron chi connectivity index (χ0n) is 11.2. The van der Waals surface area contributed by atoms with Crippen LogP contribution in [0, 0.1) is 12.3 Å². The molecule has 1 aromatic heterocycles. The van der Waals surface area contributed by atoms with Crippen LogP contribution in [0.3, 0.4) is 0 Å². The molecule has 0 saturated carbocycles. The molecule has 5 heteroatoms. The van der Waals surface area contributed by atoms with Crippen molar-refractivity contribution in [2.75, 3.05) is 38.3 Å². The van der Waals surface area contributed by atoms with Gasteiger partial charge in [0.05, 0.1) is 25.2 Å². The van der Waals surface area contributed by atoms with E-state index in [4.69, 9.17) is 9.15 Å². The molecule has 0 aliphatic carbocycles. The smallest absolute Gasteiger partial charge is 0.192 e. The second-order valence-corrected chi connectivity index (χ2v) is 5.39. The largest absolute Gasteiger partial charge is 0.441 e. The van der Waals surface area contributed by atoms with Crippen LogP contribution < -0.4 is 4.90 Å². The van der Waals surface area contributed by atoms with E-state index in [2.05, 4.69) is 9.88 Å². The molecule has 1 saturated heterocycles. The summed E-state index contributed by atoms with van der Waals surface area (Å²) in [4.78, 5) is 6.47. The zero-order valence-corrected chi connectivity index (χ0v) is 11.2. The van der Waals surface area contributed by atoms with Crippen molar-refractivity contribution in [2.45, 2.75) is 6.92 Å². The van der Waals surface area contributed by atoms with Crippen LogP contribution in [0.15, 0.2) is 22.6 Å². The van der Waals surface area contributed by atoms with Crippen molar-refractivity contribution in [1.82, 2.24) is 4.98 Å². The summed E-state index contributed by atoms with van der Waals surface area (Å²) in [6, 6.07) is 5.96. The van der Waals surface area contributed by atoms with Crippen LogP contribution in [0.2, 0.25) is 0 Å². The van der Waals surface area contributed by atoms with Gasteiger partial charge >= 0.3 is 0 Å². The average Bonchev–Trinajstić information content (AvgIpc) is 2.72. The van der Waals surface area contributed by atoms with Crippen LogP contribution in [0.25, 0.3) is 11.1 Å². The quantitative estimate of drug-likeness (QED) is 0.906. The van der Waals surface area contributed by atoms with Gasteiger partial charge < -0.3 is 19.2 Å². The molecule has 1 aliphatic rings. The Morgan fingerprint density at radius 3 is 2.84 bits per heavy atom. The third-order valence-electron chi connectivity index (χ3n) is 3.64. The highest BCUT2D eigenvalue weighted by Crippen LogP contribution is 2.30. The molecule has 2 aromatic rings. The van der Waals surface area contributed by atoms with E-state index >= 15 is 0 Å². The number of rotatable bonds is 4. The van der Waals surface area contributed by atoms with Crippen LogP contribution in [0.1, 0.15) is 5.89 Å². The summed E-state index contributed by atoms with van der Waals surface area (Å²) in [6.45, 7) is 4.02. The Labute approximate surface area is 111 Å². The first-order chi connectivity index (χ1) is 9.12. The molecule has 1 aromatic carbocycles. The molecule has 0 unspecified atom stereocenters. The van der Waals surface area contributed by atoms with Gasteiger partial charge in [-0.2, -0.15) is 0 Å². The van der Waals surface area contributed by atoms with E-state index in [1.807, 2.05) is 32.2 Å². The van der Waals surface area contributed by atoms with Gasteiger partial charge in [0, 0.05) is 26.2 Å². The number of ether oxygens (including phenoxy) is 1. The Bertz CT molecular complexity index is 584. The molecule has 0 bridgehead atoms. The lowest BCUT2D eigenvalue weighted by atomic mass is 9.86. The predicted octanol–water partition coefficient (Wildman–Crippen LogP) is 1.58. The Morgan fingerprint density at radius 2 is 2.21 bits per heavy atom. The van der Waals surface area contributed by atoms with Crippen molar-refractivity contribution in [1.29, 1.82) is 0 Å². The van der Waals surface area contributed by atoms with Crippen molar-refractivity contribution < 1.29 is 14.3 Å². The molecule has 1 aliphatic heterocycles. The number of hydrogen-bond acceptors (Lipinski definition) is 5.